The van der Waals surface area contributed by atoms with Crippen LogP contribution in [0.5, 0.6) is 5.88 Å². The number of H-pyrrole nitrogens is 2. The molecule has 14 nitrogen and oxygen atoms in total. The number of aliphatic hydroxyl groups is 1. The molecule has 0 fully saturated rings. The van der Waals surface area contributed by atoms with Crippen LogP contribution >= 0.6 is 0 Å². The van der Waals surface area contributed by atoms with Gasteiger partial charge in [-0.15, -0.1) is 5.10 Å². The molecule has 0 aliphatic rings. The predicted octanol–water partition coefficient (Wildman–Crippen LogP) is -3.38. The van der Waals surface area contributed by atoms with Crippen molar-refractivity contribution >= 4 is 24.1 Å². The number of nitrogens with zero attached hydrogens (tertiary/aromatic N) is 5. The number of carboxylic acid groups (broad SMARTS) is 1. The molecule has 2 unspecified atom stereocenters. The minimum Gasteiger partial charge on any atom is -0.548 e. The number of carbonyl (C=O) groups excluding carboxylic acids is 2. The van der Waals surface area contributed by atoms with Gasteiger partial charge in [0.2, 0.25) is 12.7 Å². The van der Waals surface area contributed by atoms with E-state index in [-0.39, 0.29) is 58.0 Å². The number of aliphatic carboxylic acids is 1. The second-order valence-corrected chi connectivity index (χ2v) is 11.1. The van der Waals surface area contributed by atoms with Gasteiger partial charge in [0.15, 0.2) is 0 Å². The Morgan fingerprint density at radius 2 is 1.91 bits per heavy atom. The first-order valence-corrected chi connectivity index (χ1v) is 13.9. The van der Waals surface area contributed by atoms with Crippen LogP contribution < -0.4 is 55.7 Å². The maximum atomic E-state index is 12.9. The SMILES string of the molecule is CC(O)C(C(=O)[O-])n1cc(CCCC(=O)OCOc2n/c(=C\c3ccccc3)c(=O)[nH]/c2=C\c2nc[nH]c2C(C)(C)C)nn1.[Na+]. The Balaban J connectivity index is 0.00000552. The second kappa shape index (κ2) is 15.8. The largest absolute Gasteiger partial charge is 1.00 e. The standard InChI is InChI=1S/C30H35N7O7.Na/c1-18(38)25(29(41)42)37-15-20(35-36-37)11-8-12-24(39)43-17-44-28-23(14-21-26(30(2,3)4)32-16-31-21)33-27(40)22(34-28)13-19-9-6-5-7-10-19;/h5-7,9-10,13-16,18,25,38H,8,11-12,17H2,1-4H3,(H,31,32)(H,33,40)(H,41,42);/q;+1/p-1/b22-13-,23-14-;. The van der Waals surface area contributed by atoms with Crippen molar-refractivity contribution in [3.8, 4) is 5.88 Å². The minimum atomic E-state index is -1.48. The van der Waals surface area contributed by atoms with Gasteiger partial charge in [-0.2, -0.15) is 0 Å². The Labute approximate surface area is 280 Å². The van der Waals surface area contributed by atoms with Gasteiger partial charge in [-0.05, 0) is 37.5 Å². The molecule has 0 aliphatic carbocycles. The smallest absolute Gasteiger partial charge is 0.548 e. The number of aliphatic hydroxyl groups excluding tert-OH is 1. The topological polar surface area (TPSA) is 201 Å². The van der Waals surface area contributed by atoms with Crippen molar-refractivity contribution in [2.75, 3.05) is 6.79 Å². The Morgan fingerprint density at radius 3 is 2.58 bits per heavy atom. The Morgan fingerprint density at radius 1 is 1.18 bits per heavy atom. The fourth-order valence-corrected chi connectivity index (χ4v) is 4.35. The van der Waals surface area contributed by atoms with Gasteiger partial charge >= 0.3 is 35.5 Å². The molecule has 3 aromatic heterocycles. The number of aryl methyl sites for hydroxylation is 1. The first kappa shape index (κ1) is 35.4. The van der Waals surface area contributed by atoms with Crippen LogP contribution in [0.15, 0.2) is 47.7 Å². The van der Waals surface area contributed by atoms with Gasteiger partial charge in [-0.25, -0.2) is 14.6 Å². The number of carbonyl (C=O) groups is 2. The number of aromatic nitrogens is 7. The third-order valence-electron chi connectivity index (χ3n) is 6.51. The summed E-state index contributed by atoms with van der Waals surface area (Å²) in [5.41, 5.74) is 1.95. The van der Waals surface area contributed by atoms with E-state index in [9.17, 15) is 24.6 Å². The van der Waals surface area contributed by atoms with Crippen molar-refractivity contribution < 1.29 is 58.8 Å². The number of rotatable bonds is 12. The van der Waals surface area contributed by atoms with Gasteiger partial charge in [0.25, 0.3) is 5.56 Å². The van der Waals surface area contributed by atoms with E-state index in [1.54, 1.807) is 18.5 Å². The molecular weight excluding hydrogens is 593 g/mol. The van der Waals surface area contributed by atoms with Gasteiger partial charge in [0.1, 0.15) is 16.7 Å². The van der Waals surface area contributed by atoms with Crippen LogP contribution in [0.25, 0.3) is 12.2 Å². The van der Waals surface area contributed by atoms with Crippen LogP contribution in [0, 0.1) is 0 Å². The predicted molar refractivity (Wildman–Crippen MR) is 155 cm³/mol. The summed E-state index contributed by atoms with van der Waals surface area (Å²) in [4.78, 5) is 51.3. The fourth-order valence-electron chi connectivity index (χ4n) is 4.35. The summed E-state index contributed by atoms with van der Waals surface area (Å²) in [5.74, 6) is -2.00. The fraction of sp³-hybridized carbons (Fsp3) is 0.367. The number of nitrogens with one attached hydrogen (secondary N) is 2. The van der Waals surface area contributed by atoms with E-state index in [2.05, 4.69) is 30.2 Å². The molecule has 1 aromatic carbocycles. The zero-order chi connectivity index (χ0) is 31.9. The van der Waals surface area contributed by atoms with E-state index in [1.807, 2.05) is 51.1 Å². The molecule has 0 radical (unpaired) electrons. The maximum absolute atomic E-state index is 12.9. The number of hydrogen-bond donors (Lipinski definition) is 3. The average Bonchev–Trinajstić information content (AvgIpc) is 3.61. The number of carboxylic acids is 1. The number of benzene rings is 1. The van der Waals surface area contributed by atoms with Crippen LogP contribution in [-0.4, -0.2) is 64.9 Å². The second-order valence-electron chi connectivity index (χ2n) is 11.1. The summed E-state index contributed by atoms with van der Waals surface area (Å²) < 4.78 is 12.0. The summed E-state index contributed by atoms with van der Waals surface area (Å²) in [6, 6.07) is 7.83. The maximum Gasteiger partial charge on any atom is 1.00 e. The van der Waals surface area contributed by atoms with Gasteiger partial charge in [-0.3, -0.25) is 9.59 Å². The van der Waals surface area contributed by atoms with Crippen LogP contribution in [-0.2, 0) is 26.2 Å². The Hall–Kier alpha value is -4.11. The molecule has 15 heteroatoms. The van der Waals surface area contributed by atoms with Crippen molar-refractivity contribution in [2.24, 2.45) is 0 Å². The number of aromatic amines is 2. The first-order chi connectivity index (χ1) is 20.9. The Bertz CT molecular complexity index is 1780. The number of ether oxygens (including phenoxy) is 2. The van der Waals surface area contributed by atoms with Crippen LogP contribution in [0.1, 0.15) is 69.2 Å². The molecule has 0 aliphatic heterocycles. The molecule has 232 valence electrons. The zero-order valence-corrected chi connectivity index (χ0v) is 27.8. The van der Waals surface area contributed by atoms with Gasteiger partial charge in [0, 0.05) is 23.7 Å². The molecule has 2 atom stereocenters. The van der Waals surface area contributed by atoms with Crippen LogP contribution in [0.4, 0.5) is 0 Å². The number of imidazole rings is 1. The van der Waals surface area contributed by atoms with E-state index in [0.717, 1.165) is 15.9 Å². The van der Waals surface area contributed by atoms with Crippen molar-refractivity contribution in [3.63, 3.8) is 0 Å². The number of hydrogen-bond acceptors (Lipinski definition) is 11. The van der Waals surface area contributed by atoms with Gasteiger partial charge in [-0.1, -0.05) is 56.3 Å². The third kappa shape index (κ3) is 9.69. The molecule has 4 rings (SSSR count). The van der Waals surface area contributed by atoms with E-state index < -0.39 is 36.4 Å². The van der Waals surface area contributed by atoms with Crippen molar-refractivity contribution in [1.29, 1.82) is 0 Å². The van der Waals surface area contributed by atoms with Crippen molar-refractivity contribution in [2.45, 2.75) is 64.5 Å². The van der Waals surface area contributed by atoms with Crippen LogP contribution in [0.2, 0.25) is 0 Å². The quantitative estimate of drug-likeness (QED) is 0.0804. The van der Waals surface area contributed by atoms with E-state index >= 15 is 0 Å². The van der Waals surface area contributed by atoms with Gasteiger partial charge in [0.05, 0.1) is 29.8 Å². The normalized spacial score (nSPS) is 13.6. The van der Waals surface area contributed by atoms with E-state index in [4.69, 9.17) is 9.47 Å². The summed E-state index contributed by atoms with van der Waals surface area (Å²) >= 11 is 0. The molecule has 0 spiro atoms. The molecule has 0 bridgehead atoms. The van der Waals surface area contributed by atoms with Crippen LogP contribution in [0.3, 0.4) is 0 Å². The van der Waals surface area contributed by atoms with E-state index in [0.29, 0.717) is 24.2 Å². The minimum absolute atomic E-state index is 0. The molecule has 3 N–H and O–H groups in total. The number of esters is 1. The summed E-state index contributed by atoms with van der Waals surface area (Å²) in [7, 11) is 0. The molecular formula is C30H34N7NaO7. The zero-order valence-electron chi connectivity index (χ0n) is 25.8. The Kier molecular flexibility index (Phi) is 12.4. The summed E-state index contributed by atoms with van der Waals surface area (Å²) in [6.07, 6.45) is 5.64. The summed E-state index contributed by atoms with van der Waals surface area (Å²) in [6.45, 7) is 6.92. The summed E-state index contributed by atoms with van der Waals surface area (Å²) in [5, 5.41) is 28.9. The molecule has 0 amide bonds. The molecule has 4 aromatic rings. The van der Waals surface area contributed by atoms with Gasteiger partial charge < -0.3 is 34.4 Å². The average molecular weight is 628 g/mol. The van der Waals surface area contributed by atoms with Crippen molar-refractivity contribution in [1.82, 2.24) is 34.9 Å². The van der Waals surface area contributed by atoms with E-state index in [1.165, 1.54) is 13.1 Å². The first-order valence-electron chi connectivity index (χ1n) is 13.9. The third-order valence-corrected chi connectivity index (χ3v) is 6.51. The molecule has 45 heavy (non-hydrogen) atoms. The molecule has 0 saturated heterocycles. The molecule has 0 saturated carbocycles. The monoisotopic (exact) mass is 627 g/mol. The van der Waals surface area contributed by atoms with Crippen molar-refractivity contribution in [3.05, 3.63) is 86.6 Å². The molecule has 3 heterocycles.